The van der Waals surface area contributed by atoms with Crippen LogP contribution >= 0.6 is 0 Å². The van der Waals surface area contributed by atoms with E-state index in [1.54, 1.807) is 11.0 Å². The number of amides is 1. The summed E-state index contributed by atoms with van der Waals surface area (Å²) < 4.78 is 5.44. The van der Waals surface area contributed by atoms with Gasteiger partial charge >= 0.3 is 0 Å². The highest BCUT2D eigenvalue weighted by molar-refractivity contribution is 5.87. The lowest BCUT2D eigenvalue weighted by Crippen LogP contribution is -2.59. The molecule has 5 heteroatoms. The molecule has 0 aromatic heterocycles. The number of nitrogens with zero attached hydrogens (tertiary/aromatic N) is 3. The van der Waals surface area contributed by atoms with Crippen molar-refractivity contribution >= 4 is 5.91 Å². The topological polar surface area (TPSA) is 36.0 Å². The maximum Gasteiger partial charge on any atom is 0.246 e. The van der Waals surface area contributed by atoms with Gasteiger partial charge in [-0.1, -0.05) is 6.08 Å². The molecule has 0 N–H and O–H groups in total. The Morgan fingerprint density at radius 2 is 1.90 bits per heavy atom. The van der Waals surface area contributed by atoms with Gasteiger partial charge in [-0.2, -0.15) is 0 Å². The fraction of sp³-hybridized carbons (Fsp3) is 0.812. The Morgan fingerprint density at radius 1 is 1.24 bits per heavy atom. The Kier molecular flexibility index (Phi) is 5.79. The van der Waals surface area contributed by atoms with Gasteiger partial charge in [-0.05, 0) is 26.9 Å². The Hall–Kier alpha value is -0.910. The summed E-state index contributed by atoms with van der Waals surface area (Å²) in [6.45, 7) is 6.77. The molecule has 1 amide bonds. The molecule has 0 atom stereocenters. The van der Waals surface area contributed by atoms with Crippen molar-refractivity contribution in [1.29, 1.82) is 0 Å². The number of carbonyl (C=O) groups excluding carboxylic acids is 1. The van der Waals surface area contributed by atoms with Crippen LogP contribution in [0.25, 0.3) is 0 Å². The third-order valence-electron chi connectivity index (χ3n) is 4.53. The Morgan fingerprint density at radius 3 is 2.52 bits per heavy atom. The van der Waals surface area contributed by atoms with E-state index in [-0.39, 0.29) is 5.91 Å². The minimum Gasteiger partial charge on any atom is -0.381 e. The molecule has 2 aliphatic rings. The molecule has 120 valence electrons. The maximum absolute atomic E-state index is 11.9. The molecular weight excluding hydrogens is 266 g/mol. The summed E-state index contributed by atoms with van der Waals surface area (Å²) in [6.07, 6.45) is 5.99. The number of hydrogen-bond acceptors (Lipinski definition) is 4. The monoisotopic (exact) mass is 295 g/mol. The first-order chi connectivity index (χ1) is 10.0. The van der Waals surface area contributed by atoms with Gasteiger partial charge in [0.05, 0.1) is 0 Å². The Bertz CT molecular complexity index is 368. The Labute approximate surface area is 128 Å². The average Bonchev–Trinajstić information content (AvgIpc) is 2.43. The van der Waals surface area contributed by atoms with Crippen LogP contribution in [-0.4, -0.2) is 87.7 Å². The van der Waals surface area contributed by atoms with Gasteiger partial charge in [0.2, 0.25) is 5.91 Å². The number of likely N-dealkylation sites (N-methyl/N-ethyl adjacent to an activating group) is 2. The van der Waals surface area contributed by atoms with Crippen molar-refractivity contribution in [3.8, 4) is 0 Å². The van der Waals surface area contributed by atoms with Gasteiger partial charge in [0, 0.05) is 64.5 Å². The van der Waals surface area contributed by atoms with Crippen molar-refractivity contribution in [3.05, 3.63) is 12.2 Å². The van der Waals surface area contributed by atoms with Crippen LogP contribution < -0.4 is 0 Å². The second-order valence-electron chi connectivity index (χ2n) is 6.75. The van der Waals surface area contributed by atoms with E-state index in [9.17, 15) is 4.79 Å². The molecule has 0 bridgehead atoms. The molecule has 0 unspecified atom stereocenters. The second kappa shape index (κ2) is 7.38. The van der Waals surface area contributed by atoms with E-state index < -0.39 is 0 Å². The zero-order valence-electron chi connectivity index (χ0n) is 13.7. The van der Waals surface area contributed by atoms with E-state index in [0.717, 1.165) is 32.8 Å². The summed E-state index contributed by atoms with van der Waals surface area (Å²) in [5.41, 5.74) is 0.520. The summed E-state index contributed by atoms with van der Waals surface area (Å²) in [6, 6.07) is 0. The van der Waals surface area contributed by atoms with Crippen LogP contribution in [0, 0.1) is 5.41 Å². The van der Waals surface area contributed by atoms with E-state index in [1.807, 2.05) is 32.1 Å². The zero-order valence-corrected chi connectivity index (χ0v) is 13.7. The van der Waals surface area contributed by atoms with Gasteiger partial charge in [-0.3, -0.25) is 4.79 Å². The molecule has 2 fully saturated rings. The number of rotatable bonds is 6. The predicted octanol–water partition coefficient (Wildman–Crippen LogP) is 0.675. The van der Waals surface area contributed by atoms with E-state index in [4.69, 9.17) is 4.74 Å². The SMILES string of the molecule is CN(C)C/C=C/C(=O)N(C)CCN1CC2(CCOCC2)C1. The van der Waals surface area contributed by atoms with E-state index in [2.05, 4.69) is 4.90 Å². The standard InChI is InChI=1S/C16H29N3O2/c1-17(2)8-4-5-15(20)18(3)9-10-19-13-16(14-19)6-11-21-12-7-16/h4-5H,6-14H2,1-3H3/b5-4+. The molecule has 0 aromatic carbocycles. The van der Waals surface area contributed by atoms with Crippen LogP contribution in [0.15, 0.2) is 12.2 Å². The van der Waals surface area contributed by atoms with E-state index in [1.165, 1.54) is 25.9 Å². The van der Waals surface area contributed by atoms with Crippen molar-refractivity contribution in [2.24, 2.45) is 5.41 Å². The van der Waals surface area contributed by atoms with Gasteiger partial charge in [-0.25, -0.2) is 0 Å². The van der Waals surface area contributed by atoms with Crippen LogP contribution in [-0.2, 0) is 9.53 Å². The summed E-state index contributed by atoms with van der Waals surface area (Å²) in [4.78, 5) is 18.2. The largest absolute Gasteiger partial charge is 0.381 e. The molecule has 2 heterocycles. The fourth-order valence-electron chi connectivity index (χ4n) is 3.07. The molecule has 2 aliphatic heterocycles. The average molecular weight is 295 g/mol. The number of carbonyl (C=O) groups is 1. The van der Waals surface area contributed by atoms with Gasteiger partial charge < -0.3 is 19.4 Å². The van der Waals surface area contributed by atoms with Gasteiger partial charge in [0.1, 0.15) is 0 Å². The van der Waals surface area contributed by atoms with Crippen LogP contribution in [0.1, 0.15) is 12.8 Å². The van der Waals surface area contributed by atoms with Gasteiger partial charge in [0.15, 0.2) is 0 Å². The van der Waals surface area contributed by atoms with Crippen LogP contribution in [0.2, 0.25) is 0 Å². The van der Waals surface area contributed by atoms with Crippen molar-refractivity contribution in [3.63, 3.8) is 0 Å². The highest BCUT2D eigenvalue weighted by Gasteiger charge is 2.43. The smallest absolute Gasteiger partial charge is 0.246 e. The lowest BCUT2D eigenvalue weighted by Gasteiger charge is -2.52. The molecule has 2 saturated heterocycles. The first-order valence-electron chi connectivity index (χ1n) is 7.87. The van der Waals surface area contributed by atoms with Crippen LogP contribution in [0.5, 0.6) is 0 Å². The molecule has 0 saturated carbocycles. The number of hydrogen-bond donors (Lipinski definition) is 0. The molecule has 5 nitrogen and oxygen atoms in total. The molecule has 21 heavy (non-hydrogen) atoms. The maximum atomic E-state index is 11.9. The summed E-state index contributed by atoms with van der Waals surface area (Å²) >= 11 is 0. The third-order valence-corrected chi connectivity index (χ3v) is 4.53. The van der Waals surface area contributed by atoms with E-state index >= 15 is 0 Å². The lowest BCUT2D eigenvalue weighted by molar-refractivity contribution is -0.126. The molecule has 0 aromatic rings. The molecule has 2 rings (SSSR count). The summed E-state index contributed by atoms with van der Waals surface area (Å²) in [7, 11) is 5.87. The van der Waals surface area contributed by atoms with Crippen molar-refractivity contribution in [2.45, 2.75) is 12.8 Å². The highest BCUT2D eigenvalue weighted by Crippen LogP contribution is 2.39. The summed E-state index contributed by atoms with van der Waals surface area (Å²) in [5.74, 6) is 0.0955. The normalized spacial score (nSPS) is 21.9. The highest BCUT2D eigenvalue weighted by atomic mass is 16.5. The molecule has 0 aliphatic carbocycles. The Balaban J connectivity index is 1.62. The number of ether oxygens (including phenoxy) is 1. The first kappa shape index (κ1) is 16.5. The first-order valence-corrected chi connectivity index (χ1v) is 7.87. The van der Waals surface area contributed by atoms with Gasteiger partial charge in [0.25, 0.3) is 0 Å². The van der Waals surface area contributed by atoms with E-state index in [0.29, 0.717) is 5.41 Å². The quantitative estimate of drug-likeness (QED) is 0.675. The van der Waals surface area contributed by atoms with Crippen LogP contribution in [0.3, 0.4) is 0 Å². The molecule has 0 radical (unpaired) electrons. The summed E-state index contributed by atoms with van der Waals surface area (Å²) in [5, 5.41) is 0. The van der Waals surface area contributed by atoms with Crippen molar-refractivity contribution in [1.82, 2.24) is 14.7 Å². The molecule has 1 spiro atoms. The molecular formula is C16H29N3O2. The fourth-order valence-corrected chi connectivity index (χ4v) is 3.07. The second-order valence-corrected chi connectivity index (χ2v) is 6.75. The number of likely N-dealkylation sites (tertiary alicyclic amines) is 1. The predicted molar refractivity (Wildman–Crippen MR) is 84.3 cm³/mol. The minimum absolute atomic E-state index is 0.0955. The van der Waals surface area contributed by atoms with Gasteiger partial charge in [-0.15, -0.1) is 0 Å². The van der Waals surface area contributed by atoms with Crippen molar-refractivity contribution < 1.29 is 9.53 Å². The van der Waals surface area contributed by atoms with Crippen LogP contribution in [0.4, 0.5) is 0 Å². The third kappa shape index (κ3) is 4.80. The minimum atomic E-state index is 0.0955. The zero-order chi connectivity index (χ0) is 15.3. The lowest BCUT2D eigenvalue weighted by atomic mass is 9.73. The van der Waals surface area contributed by atoms with Crippen molar-refractivity contribution in [2.75, 3.05) is 67.1 Å².